The molecule has 0 saturated heterocycles. The van der Waals surface area contributed by atoms with Crippen LogP contribution in [-0.2, 0) is 65.4 Å². The minimum Gasteiger partial charge on any atom is -0.462 e. The minimum absolute atomic E-state index is 0.102. The molecule has 0 fully saturated rings. The van der Waals surface area contributed by atoms with Gasteiger partial charge in [0.2, 0.25) is 0 Å². The van der Waals surface area contributed by atoms with Crippen molar-refractivity contribution in [2.45, 2.75) is 471 Å². The third kappa shape index (κ3) is 75.5. The Hall–Kier alpha value is -1.94. The molecule has 0 aromatic rings. The highest BCUT2D eigenvalue weighted by Crippen LogP contribution is 2.45. The number of esters is 4. The lowest BCUT2D eigenvalue weighted by molar-refractivity contribution is -0.161. The fourth-order valence-corrected chi connectivity index (χ4v) is 14.8. The number of phosphoric ester groups is 2. The van der Waals surface area contributed by atoms with E-state index >= 15 is 0 Å². The Morgan fingerprint density at radius 2 is 0.462 bits per heavy atom. The number of ether oxygens (including phenoxy) is 4. The summed E-state index contributed by atoms with van der Waals surface area (Å²) in [6, 6.07) is 0. The molecule has 0 aromatic carbocycles. The van der Waals surface area contributed by atoms with E-state index in [9.17, 15) is 43.2 Å². The Kier molecular flexibility index (Phi) is 75.0. The number of hydrogen-bond donors (Lipinski definition) is 3. The second kappa shape index (κ2) is 76.4. The van der Waals surface area contributed by atoms with E-state index in [2.05, 4.69) is 41.5 Å². The first-order chi connectivity index (χ1) is 50.4. The largest absolute Gasteiger partial charge is 0.472 e. The Balaban J connectivity index is 5.16. The summed E-state index contributed by atoms with van der Waals surface area (Å²) in [5.74, 6) is -0.662. The zero-order valence-corrected chi connectivity index (χ0v) is 70.1. The smallest absolute Gasteiger partial charge is 0.462 e. The van der Waals surface area contributed by atoms with E-state index in [1.54, 1.807) is 0 Å². The Morgan fingerprint density at radius 3 is 0.683 bits per heavy atom. The van der Waals surface area contributed by atoms with Crippen molar-refractivity contribution in [1.29, 1.82) is 0 Å². The van der Waals surface area contributed by atoms with Crippen molar-refractivity contribution >= 4 is 39.5 Å². The number of carbonyl (C=O) groups excluding carboxylic acids is 4. The maximum atomic E-state index is 13.1. The predicted molar refractivity (Wildman–Crippen MR) is 428 cm³/mol. The van der Waals surface area contributed by atoms with Crippen molar-refractivity contribution in [2.24, 2.45) is 11.8 Å². The van der Waals surface area contributed by atoms with Gasteiger partial charge in [0.25, 0.3) is 0 Å². The molecule has 0 rings (SSSR count). The Morgan fingerprint density at radius 1 is 0.269 bits per heavy atom. The highest BCUT2D eigenvalue weighted by Gasteiger charge is 2.30. The molecule has 7 atom stereocenters. The van der Waals surface area contributed by atoms with Crippen LogP contribution >= 0.6 is 15.6 Å². The second-order valence-corrected chi connectivity index (χ2v) is 34.0. The van der Waals surface area contributed by atoms with Crippen molar-refractivity contribution in [1.82, 2.24) is 0 Å². The first-order valence-corrected chi connectivity index (χ1v) is 47.1. The van der Waals surface area contributed by atoms with Crippen molar-refractivity contribution in [3.05, 3.63) is 0 Å². The van der Waals surface area contributed by atoms with Gasteiger partial charge in [0, 0.05) is 25.7 Å². The molecule has 4 unspecified atom stereocenters. The average molecular weight is 1520 g/mol. The quantitative estimate of drug-likeness (QED) is 0.0222. The molecule has 0 aliphatic heterocycles. The fourth-order valence-electron chi connectivity index (χ4n) is 13.2. The van der Waals surface area contributed by atoms with Crippen molar-refractivity contribution in [3.63, 3.8) is 0 Å². The lowest BCUT2D eigenvalue weighted by atomic mass is 10.00. The third-order valence-corrected chi connectivity index (χ3v) is 22.6. The van der Waals surface area contributed by atoms with Crippen LogP contribution in [0.5, 0.6) is 0 Å². The van der Waals surface area contributed by atoms with Crippen LogP contribution < -0.4 is 0 Å². The van der Waals surface area contributed by atoms with E-state index in [0.29, 0.717) is 25.7 Å². The first kappa shape index (κ1) is 102. The van der Waals surface area contributed by atoms with E-state index < -0.39 is 97.5 Å². The highest BCUT2D eigenvalue weighted by molar-refractivity contribution is 7.47. The van der Waals surface area contributed by atoms with Gasteiger partial charge < -0.3 is 33.8 Å². The van der Waals surface area contributed by atoms with Gasteiger partial charge in [-0.15, -0.1) is 0 Å². The molecule has 19 heteroatoms. The summed E-state index contributed by atoms with van der Waals surface area (Å²) in [5, 5.41) is 10.6. The molecular formula is C85H166O17P2. The number of aliphatic hydroxyl groups is 1. The van der Waals surface area contributed by atoms with Crippen LogP contribution in [0.15, 0.2) is 0 Å². The summed E-state index contributed by atoms with van der Waals surface area (Å²) < 4.78 is 68.7. The third-order valence-electron chi connectivity index (χ3n) is 20.7. The Bertz CT molecular complexity index is 2000. The topological polar surface area (TPSA) is 237 Å². The molecule has 0 radical (unpaired) electrons. The summed E-state index contributed by atoms with van der Waals surface area (Å²) in [6.07, 6.45) is 68.6. The molecule has 17 nitrogen and oxygen atoms in total. The normalized spacial score (nSPS) is 14.4. The van der Waals surface area contributed by atoms with Gasteiger partial charge in [0.15, 0.2) is 12.2 Å². The van der Waals surface area contributed by atoms with E-state index in [0.717, 1.165) is 108 Å². The zero-order chi connectivity index (χ0) is 76.4. The van der Waals surface area contributed by atoms with Gasteiger partial charge in [-0.3, -0.25) is 37.3 Å². The molecule has 0 spiro atoms. The average Bonchev–Trinajstić information content (AvgIpc) is 0.905. The highest BCUT2D eigenvalue weighted by atomic mass is 31.2. The predicted octanol–water partition coefficient (Wildman–Crippen LogP) is 25.8. The van der Waals surface area contributed by atoms with Gasteiger partial charge in [-0.1, -0.05) is 401 Å². The molecule has 0 aromatic heterocycles. The van der Waals surface area contributed by atoms with Crippen molar-refractivity contribution in [3.8, 4) is 0 Å². The Labute approximate surface area is 638 Å². The van der Waals surface area contributed by atoms with Crippen LogP contribution in [-0.4, -0.2) is 96.7 Å². The summed E-state index contributed by atoms with van der Waals surface area (Å²) in [5.41, 5.74) is 0. The monoisotopic (exact) mass is 1520 g/mol. The number of carbonyl (C=O) groups is 4. The van der Waals surface area contributed by atoms with Gasteiger partial charge in [0.05, 0.1) is 26.4 Å². The van der Waals surface area contributed by atoms with E-state index in [-0.39, 0.29) is 25.7 Å². The van der Waals surface area contributed by atoms with E-state index in [1.807, 2.05) is 0 Å². The molecule has 0 saturated carbocycles. The summed E-state index contributed by atoms with van der Waals surface area (Å²) in [7, 11) is -9.92. The van der Waals surface area contributed by atoms with Crippen LogP contribution in [0.25, 0.3) is 0 Å². The molecule has 3 N–H and O–H groups in total. The fraction of sp³-hybridized carbons (Fsp3) is 0.953. The first-order valence-electron chi connectivity index (χ1n) is 44.1. The lowest BCUT2D eigenvalue weighted by Gasteiger charge is -2.21. The molecule has 104 heavy (non-hydrogen) atoms. The second-order valence-electron chi connectivity index (χ2n) is 31.1. The van der Waals surface area contributed by atoms with Crippen molar-refractivity contribution in [2.75, 3.05) is 39.6 Å². The summed E-state index contributed by atoms with van der Waals surface area (Å²) in [4.78, 5) is 73.0. The molecule has 0 heterocycles. The number of hydrogen-bond acceptors (Lipinski definition) is 15. The van der Waals surface area contributed by atoms with Crippen LogP contribution in [0, 0.1) is 11.8 Å². The van der Waals surface area contributed by atoms with Crippen LogP contribution in [0.3, 0.4) is 0 Å². The van der Waals surface area contributed by atoms with Gasteiger partial charge >= 0.3 is 39.5 Å². The molecule has 0 aliphatic carbocycles. The number of phosphoric acid groups is 2. The standard InChI is InChI=1S/C85H166O17P2/c1-7-11-13-15-17-19-21-23-25-27-29-31-33-35-37-39-41-43-45-47-55-61-67-82(87)95-73-80(101-84(89)69-63-57-48-46-44-42-40-38-36-34-32-30-28-26-24-22-20-18-16-14-12-8-2)75-99-103(91,92)97-71-79(86)72-98-104(93,94)100-76-81(102-85(90)70-64-58-52-50-54-60-66-78(6)10-4)74-96-83(88)68-62-56-51-49-53-59-65-77(5)9-3/h77-81,86H,7-76H2,1-6H3,(H,91,92)(H,93,94)/t77?,78?,79-,80-,81-/m1/s1. The number of unbranched alkanes of at least 4 members (excludes halogenated alkanes) is 52. The van der Waals surface area contributed by atoms with Gasteiger partial charge in [-0.25, -0.2) is 9.13 Å². The number of rotatable bonds is 84. The SMILES string of the molecule is CCCCCCCCCCCCCCCCCCCCCCCCC(=O)OC[C@H](COP(=O)(O)OC[C@@H](O)COP(=O)(O)OC[C@@H](COC(=O)CCCCCCCCC(C)CC)OC(=O)CCCCCCCCC(C)CC)OC(=O)CCCCCCCCCCCCCCCCCCCCCCCC. The van der Waals surface area contributed by atoms with E-state index in [4.69, 9.17) is 37.0 Å². The number of aliphatic hydroxyl groups excluding tert-OH is 1. The van der Waals surface area contributed by atoms with Crippen LogP contribution in [0.2, 0.25) is 0 Å². The maximum Gasteiger partial charge on any atom is 0.472 e. The molecular weight excluding hydrogens is 1350 g/mol. The van der Waals surface area contributed by atoms with Gasteiger partial charge in [0.1, 0.15) is 19.3 Å². The van der Waals surface area contributed by atoms with E-state index in [1.165, 1.54) is 263 Å². The molecule has 618 valence electrons. The molecule has 0 bridgehead atoms. The van der Waals surface area contributed by atoms with Crippen molar-refractivity contribution < 1.29 is 80.2 Å². The molecule has 0 aliphatic rings. The van der Waals surface area contributed by atoms with Gasteiger partial charge in [-0.05, 0) is 37.5 Å². The summed E-state index contributed by atoms with van der Waals surface area (Å²) in [6.45, 7) is 9.55. The van der Waals surface area contributed by atoms with Crippen LogP contribution in [0.4, 0.5) is 0 Å². The van der Waals surface area contributed by atoms with Gasteiger partial charge in [-0.2, -0.15) is 0 Å². The van der Waals surface area contributed by atoms with Crippen LogP contribution in [0.1, 0.15) is 452 Å². The maximum absolute atomic E-state index is 13.1. The summed E-state index contributed by atoms with van der Waals surface area (Å²) >= 11 is 0. The lowest BCUT2D eigenvalue weighted by Crippen LogP contribution is -2.30. The zero-order valence-electron chi connectivity index (χ0n) is 68.3. The minimum atomic E-state index is -4.96. The molecule has 0 amide bonds.